The number of fused-ring (bicyclic) bond motifs is 1. The van der Waals surface area contributed by atoms with Crippen LogP contribution in [0.3, 0.4) is 0 Å². The van der Waals surface area contributed by atoms with Gasteiger partial charge in [0.2, 0.25) is 11.9 Å². The van der Waals surface area contributed by atoms with Crippen LogP contribution in [-0.4, -0.2) is 76.2 Å². The first kappa shape index (κ1) is 27.4. The highest BCUT2D eigenvalue weighted by Crippen LogP contribution is 2.38. The number of hydrogen-bond acceptors (Lipinski definition) is 10. The zero-order chi connectivity index (χ0) is 27.9. The minimum atomic E-state index is -3.04. The number of nitrogens with one attached hydrogen (secondary N) is 1. The number of hydrogen-bond donors (Lipinski definition) is 1. The van der Waals surface area contributed by atoms with Gasteiger partial charge in [0.1, 0.15) is 33.5 Å². The Balaban J connectivity index is 1.41. The van der Waals surface area contributed by atoms with Gasteiger partial charge in [-0.15, -0.1) is 0 Å². The van der Waals surface area contributed by atoms with Gasteiger partial charge in [-0.3, -0.25) is 0 Å². The molecule has 0 aliphatic carbocycles. The fourth-order valence-electron chi connectivity index (χ4n) is 5.48. The van der Waals surface area contributed by atoms with Gasteiger partial charge < -0.3 is 15.1 Å². The Bertz CT molecular complexity index is 1470. The molecule has 3 atom stereocenters. The summed E-state index contributed by atoms with van der Waals surface area (Å²) in [5, 5.41) is 5.13. The van der Waals surface area contributed by atoms with E-state index >= 15 is 0 Å². The van der Waals surface area contributed by atoms with Crippen molar-refractivity contribution in [2.24, 2.45) is 5.92 Å². The minimum absolute atomic E-state index is 0.0642. The molecule has 12 heteroatoms. The van der Waals surface area contributed by atoms with E-state index in [9.17, 15) is 12.8 Å². The maximum Gasteiger partial charge on any atom is 0.233 e. The Kier molecular flexibility index (Phi) is 7.34. The Morgan fingerprint density at radius 1 is 1.18 bits per heavy atom. The van der Waals surface area contributed by atoms with Crippen LogP contribution in [0.5, 0.6) is 0 Å². The molecule has 5 rings (SSSR count). The molecule has 3 aromatic rings. The number of pyridine rings is 2. The summed E-state index contributed by atoms with van der Waals surface area (Å²) < 4.78 is 38.9. The molecule has 2 aliphatic heterocycles. The smallest absolute Gasteiger partial charge is 0.233 e. The summed E-state index contributed by atoms with van der Waals surface area (Å²) in [6, 6.07) is 2.04. The lowest BCUT2D eigenvalue weighted by molar-refractivity contribution is 0.159. The van der Waals surface area contributed by atoms with E-state index in [1.807, 2.05) is 17.2 Å². The number of piperidine rings is 1. The van der Waals surface area contributed by atoms with Crippen LogP contribution in [-0.2, 0) is 9.84 Å². The number of nitrogens with zero attached hydrogens (tertiary/aromatic N) is 7. The lowest BCUT2D eigenvalue weighted by atomic mass is 9.90. The van der Waals surface area contributed by atoms with E-state index < -0.39 is 15.5 Å². The fourth-order valence-corrected chi connectivity index (χ4v) is 6.75. The van der Waals surface area contributed by atoms with E-state index in [1.165, 1.54) is 6.33 Å². The fraction of sp³-hybridized carbons (Fsp3) is 0.593. The van der Waals surface area contributed by atoms with Crippen LogP contribution in [0.25, 0.3) is 10.8 Å². The average Bonchev–Trinajstić information content (AvgIpc) is 2.89. The van der Waals surface area contributed by atoms with E-state index in [2.05, 4.69) is 50.9 Å². The van der Waals surface area contributed by atoms with E-state index in [0.29, 0.717) is 37.2 Å². The van der Waals surface area contributed by atoms with Crippen molar-refractivity contribution >= 4 is 44.1 Å². The van der Waals surface area contributed by atoms with Gasteiger partial charge in [-0.05, 0) is 49.6 Å². The van der Waals surface area contributed by atoms with Crippen LogP contribution < -0.4 is 15.1 Å². The van der Waals surface area contributed by atoms with Gasteiger partial charge in [-0.1, -0.05) is 20.8 Å². The molecule has 0 radical (unpaired) electrons. The van der Waals surface area contributed by atoms with Crippen LogP contribution >= 0.6 is 0 Å². The molecule has 0 saturated carbocycles. The van der Waals surface area contributed by atoms with Crippen molar-refractivity contribution in [2.45, 2.75) is 65.1 Å². The van der Waals surface area contributed by atoms with E-state index in [4.69, 9.17) is 4.98 Å². The molecule has 0 aromatic carbocycles. The van der Waals surface area contributed by atoms with E-state index in [-0.39, 0.29) is 35.9 Å². The summed E-state index contributed by atoms with van der Waals surface area (Å²) in [7, 11) is -3.04. The van der Waals surface area contributed by atoms with Gasteiger partial charge >= 0.3 is 0 Å². The van der Waals surface area contributed by atoms with Crippen molar-refractivity contribution < 1.29 is 12.8 Å². The highest BCUT2D eigenvalue weighted by Gasteiger charge is 2.39. The first-order valence-electron chi connectivity index (χ1n) is 13.6. The van der Waals surface area contributed by atoms with Crippen molar-refractivity contribution in [1.29, 1.82) is 0 Å². The maximum absolute atomic E-state index is 14.6. The Morgan fingerprint density at radius 3 is 2.67 bits per heavy atom. The summed E-state index contributed by atoms with van der Waals surface area (Å²) in [5.41, 5.74) is -0.181. The SMILES string of the molecule is CCS(=O)(=O)C[C@H]1CN(c2ncc(C(C)C)c3cc(Nc4ncnc(N5CCC[C@@](C)(F)C5)n4)ncc23)[C@@H]1C. The molecular weight excluding hydrogens is 519 g/mol. The molecule has 210 valence electrons. The first-order chi connectivity index (χ1) is 18.5. The molecule has 10 nitrogen and oxygen atoms in total. The Labute approximate surface area is 229 Å². The zero-order valence-corrected chi connectivity index (χ0v) is 24.0. The van der Waals surface area contributed by atoms with Gasteiger partial charge in [0, 0.05) is 48.6 Å². The van der Waals surface area contributed by atoms with Gasteiger partial charge in [0.25, 0.3) is 0 Å². The Morgan fingerprint density at radius 2 is 1.97 bits per heavy atom. The molecule has 0 amide bonds. The molecule has 0 unspecified atom stereocenters. The van der Waals surface area contributed by atoms with Crippen molar-refractivity contribution in [1.82, 2.24) is 24.9 Å². The van der Waals surface area contributed by atoms with Crippen LogP contribution in [0.1, 0.15) is 58.9 Å². The molecule has 2 aliphatic rings. The molecule has 2 fully saturated rings. The summed E-state index contributed by atoms with van der Waals surface area (Å²) in [5.74, 6) is 2.86. The lowest BCUT2D eigenvalue weighted by Gasteiger charge is -2.47. The monoisotopic (exact) mass is 556 g/mol. The average molecular weight is 557 g/mol. The van der Waals surface area contributed by atoms with Crippen molar-refractivity contribution in [3.8, 4) is 0 Å². The molecular formula is C27H37FN8O2S. The lowest BCUT2D eigenvalue weighted by Crippen LogP contribution is -2.57. The molecule has 0 spiro atoms. The third-order valence-electron chi connectivity index (χ3n) is 7.92. The second-order valence-electron chi connectivity index (χ2n) is 11.3. The van der Waals surface area contributed by atoms with Crippen LogP contribution in [0, 0.1) is 5.92 Å². The number of sulfone groups is 1. The van der Waals surface area contributed by atoms with Gasteiger partial charge in [0.05, 0.1) is 12.3 Å². The van der Waals surface area contributed by atoms with Gasteiger partial charge in [0.15, 0.2) is 0 Å². The number of halogens is 1. The van der Waals surface area contributed by atoms with E-state index in [1.54, 1.807) is 20.0 Å². The summed E-state index contributed by atoms with van der Waals surface area (Å²) in [4.78, 5) is 26.5. The van der Waals surface area contributed by atoms with Crippen LogP contribution in [0.4, 0.5) is 27.9 Å². The van der Waals surface area contributed by atoms with Crippen molar-refractivity contribution in [3.05, 3.63) is 30.4 Å². The molecule has 2 saturated heterocycles. The van der Waals surface area contributed by atoms with Crippen LogP contribution in [0.15, 0.2) is 24.8 Å². The van der Waals surface area contributed by atoms with Crippen molar-refractivity contribution in [3.63, 3.8) is 0 Å². The molecule has 3 aromatic heterocycles. The summed E-state index contributed by atoms with van der Waals surface area (Å²) in [6.07, 6.45) is 6.41. The third kappa shape index (κ3) is 5.75. The normalized spacial score (nSPS) is 23.8. The number of alkyl halides is 1. The number of aromatic nitrogens is 5. The second-order valence-corrected chi connectivity index (χ2v) is 13.7. The topological polar surface area (TPSA) is 117 Å². The predicted octanol–water partition coefficient (Wildman–Crippen LogP) is 4.27. The third-order valence-corrected chi connectivity index (χ3v) is 9.73. The highest BCUT2D eigenvalue weighted by atomic mass is 32.2. The molecule has 0 bridgehead atoms. The second kappa shape index (κ2) is 10.4. The first-order valence-corrected chi connectivity index (χ1v) is 15.4. The molecule has 5 heterocycles. The van der Waals surface area contributed by atoms with Crippen LogP contribution in [0.2, 0.25) is 0 Å². The van der Waals surface area contributed by atoms with E-state index in [0.717, 1.165) is 28.6 Å². The quantitative estimate of drug-likeness (QED) is 0.431. The zero-order valence-electron chi connectivity index (χ0n) is 23.2. The molecule has 1 N–H and O–H groups in total. The minimum Gasteiger partial charge on any atom is -0.353 e. The molecule has 39 heavy (non-hydrogen) atoms. The Hall–Kier alpha value is -3.15. The maximum atomic E-state index is 14.6. The van der Waals surface area contributed by atoms with Gasteiger partial charge in [-0.25, -0.2) is 32.7 Å². The number of anilines is 4. The summed E-state index contributed by atoms with van der Waals surface area (Å²) >= 11 is 0. The largest absolute Gasteiger partial charge is 0.353 e. The predicted molar refractivity (Wildman–Crippen MR) is 152 cm³/mol. The highest BCUT2D eigenvalue weighted by molar-refractivity contribution is 7.91. The number of rotatable bonds is 8. The summed E-state index contributed by atoms with van der Waals surface area (Å²) in [6.45, 7) is 11.2. The van der Waals surface area contributed by atoms with Gasteiger partial charge in [-0.2, -0.15) is 4.98 Å². The van der Waals surface area contributed by atoms with Crippen molar-refractivity contribution in [2.75, 3.05) is 46.3 Å². The standard InChI is InChI=1S/C27H37FN8O2S/c1-6-39(37,38)14-19-13-36(18(19)4)24-22-12-29-23(10-20(22)21(11-30-24)17(2)3)33-25-31-16-32-26(34-25)35-9-7-8-27(5,28)15-35/h10-12,16-19H,6-9,13-15H2,1-5H3,(H,29,31,32,33,34)/t18-,19-,27-/m1/s1.